The maximum Gasteiger partial charge on any atom is 0.183 e. The summed E-state index contributed by atoms with van der Waals surface area (Å²) in [5.74, 6) is 0.336. The number of nitrogens with two attached hydrogens (primary N) is 1. The van der Waals surface area contributed by atoms with Crippen molar-refractivity contribution in [1.82, 2.24) is 19.9 Å². The van der Waals surface area contributed by atoms with Gasteiger partial charge in [0.2, 0.25) is 0 Å². The van der Waals surface area contributed by atoms with Gasteiger partial charge in [0.15, 0.2) is 22.4 Å². The zero-order valence-electron chi connectivity index (χ0n) is 11.7. The fraction of sp³-hybridized carbons (Fsp3) is 0.385. The number of thioether (sulfide) groups is 1. The number of hydrogen-bond donors (Lipinski definition) is 3. The zero-order chi connectivity index (χ0) is 15.2. The molecule has 0 bridgehead atoms. The fourth-order valence-corrected chi connectivity index (χ4v) is 3.21. The molecule has 0 aromatic carbocycles. The first kappa shape index (κ1) is 13.9. The molecule has 0 saturated carbocycles. The van der Waals surface area contributed by atoms with E-state index in [1.54, 1.807) is 0 Å². The van der Waals surface area contributed by atoms with E-state index in [2.05, 4.69) is 19.9 Å². The summed E-state index contributed by atoms with van der Waals surface area (Å²) in [7, 11) is 0. The molecule has 21 heavy (non-hydrogen) atoms. The van der Waals surface area contributed by atoms with Gasteiger partial charge in [-0.15, -0.1) is 0 Å². The van der Waals surface area contributed by atoms with Crippen LogP contribution in [0.3, 0.4) is 0 Å². The highest BCUT2D eigenvalue weighted by atomic mass is 32.2. The predicted octanol–water partition coefficient (Wildman–Crippen LogP) is 2.19. The van der Waals surface area contributed by atoms with Crippen LogP contribution in [0.15, 0.2) is 22.1 Å². The van der Waals surface area contributed by atoms with Crippen LogP contribution < -0.4 is 5.73 Å². The molecule has 4 N–H and O–H groups in total. The van der Waals surface area contributed by atoms with Crippen molar-refractivity contribution in [1.29, 1.82) is 0 Å². The number of ketones is 1. The second-order valence-corrected chi connectivity index (χ2v) is 6.82. The van der Waals surface area contributed by atoms with E-state index in [4.69, 9.17) is 5.73 Å². The molecule has 0 fully saturated rings. The number of Topliss-reactive ketones (excluding diaryl/α,β-unsaturated/α-hetero) is 1. The van der Waals surface area contributed by atoms with E-state index in [-0.39, 0.29) is 17.0 Å². The summed E-state index contributed by atoms with van der Waals surface area (Å²) >= 11 is 1.11. The average molecular weight is 305 g/mol. The molecular formula is C13H15N5O2S. The fourth-order valence-electron chi connectivity index (χ4n) is 2.36. The summed E-state index contributed by atoms with van der Waals surface area (Å²) < 4.78 is 0. The second-order valence-electron chi connectivity index (χ2n) is 5.82. The Labute approximate surface area is 125 Å². The van der Waals surface area contributed by atoms with Gasteiger partial charge in [-0.05, 0) is 17.2 Å². The number of fused-ring (bicyclic) bond motifs is 1. The van der Waals surface area contributed by atoms with Crippen LogP contribution in [0.5, 0.6) is 0 Å². The van der Waals surface area contributed by atoms with Crippen LogP contribution in [0.2, 0.25) is 0 Å². The summed E-state index contributed by atoms with van der Waals surface area (Å²) in [6, 6.07) is 0. The predicted molar refractivity (Wildman–Crippen MR) is 79.6 cm³/mol. The van der Waals surface area contributed by atoms with Crippen molar-refractivity contribution in [3.8, 4) is 0 Å². The van der Waals surface area contributed by atoms with Crippen LogP contribution in [-0.4, -0.2) is 30.8 Å². The smallest absolute Gasteiger partial charge is 0.183 e. The van der Waals surface area contributed by atoms with Gasteiger partial charge in [-0.3, -0.25) is 4.79 Å². The number of H-pyrrole nitrogens is 1. The topological polar surface area (TPSA) is 118 Å². The van der Waals surface area contributed by atoms with Gasteiger partial charge in [0.25, 0.3) is 0 Å². The number of nitrogen functional groups attached to an aromatic ring is 1. The van der Waals surface area contributed by atoms with E-state index in [1.165, 1.54) is 6.33 Å². The standard InChI is InChI=1S/C13H15N5O2S/c1-13(2)3-6(19)9(7(20)4-13)21-12-17-8-10(14)15-5-16-11(8)18-12/h5,19H,3-4H2,1-2H3,(H3,14,15,16,17,18). The molecule has 3 rings (SSSR count). The number of imidazole rings is 1. The number of nitrogens with one attached hydrogen (secondary N) is 1. The third-order valence-electron chi connectivity index (χ3n) is 3.30. The molecule has 0 atom stereocenters. The molecule has 0 spiro atoms. The number of aromatic nitrogens is 4. The molecule has 110 valence electrons. The van der Waals surface area contributed by atoms with E-state index in [0.717, 1.165) is 11.8 Å². The number of carbonyl (C=O) groups excluding carboxylic acids is 1. The Morgan fingerprint density at radius 3 is 2.81 bits per heavy atom. The molecule has 2 heterocycles. The Morgan fingerprint density at radius 1 is 1.38 bits per heavy atom. The number of aliphatic hydroxyl groups excluding tert-OH is 1. The van der Waals surface area contributed by atoms with E-state index < -0.39 is 0 Å². The molecular weight excluding hydrogens is 290 g/mol. The highest BCUT2D eigenvalue weighted by molar-refractivity contribution is 8.03. The second kappa shape index (κ2) is 4.73. The molecule has 0 amide bonds. The SMILES string of the molecule is CC1(C)CC(=O)C(Sc2nc3ncnc(N)c3[nH]2)=C(O)C1. The average Bonchev–Trinajstić information content (AvgIpc) is 2.77. The van der Waals surface area contributed by atoms with Gasteiger partial charge in [-0.25, -0.2) is 15.0 Å². The molecule has 0 aliphatic heterocycles. The summed E-state index contributed by atoms with van der Waals surface area (Å²) in [5, 5.41) is 10.6. The van der Waals surface area contributed by atoms with Crippen molar-refractivity contribution in [3.63, 3.8) is 0 Å². The van der Waals surface area contributed by atoms with Crippen molar-refractivity contribution in [2.45, 2.75) is 31.8 Å². The quantitative estimate of drug-likeness (QED) is 0.778. The number of aromatic amines is 1. The Balaban J connectivity index is 1.95. The Kier molecular flexibility index (Phi) is 3.12. The first-order chi connectivity index (χ1) is 9.85. The van der Waals surface area contributed by atoms with Crippen LogP contribution in [0.1, 0.15) is 26.7 Å². The minimum absolute atomic E-state index is 0.0757. The molecule has 2 aromatic heterocycles. The van der Waals surface area contributed by atoms with Gasteiger partial charge in [-0.1, -0.05) is 13.8 Å². The summed E-state index contributed by atoms with van der Waals surface area (Å²) in [6.07, 6.45) is 2.21. The van der Waals surface area contributed by atoms with Gasteiger partial charge >= 0.3 is 0 Å². The number of carbonyl (C=O) groups is 1. The third-order valence-corrected chi connectivity index (χ3v) is 4.35. The zero-order valence-corrected chi connectivity index (χ0v) is 12.5. The van der Waals surface area contributed by atoms with E-state index in [0.29, 0.717) is 39.9 Å². The van der Waals surface area contributed by atoms with Crippen LogP contribution in [0.25, 0.3) is 11.2 Å². The van der Waals surface area contributed by atoms with Crippen molar-refractivity contribution in [3.05, 3.63) is 17.0 Å². The van der Waals surface area contributed by atoms with Crippen LogP contribution >= 0.6 is 11.8 Å². The molecule has 0 unspecified atom stereocenters. The number of aliphatic hydroxyl groups is 1. The summed E-state index contributed by atoms with van der Waals surface area (Å²) in [6.45, 7) is 3.92. The molecule has 7 nitrogen and oxygen atoms in total. The molecule has 2 aromatic rings. The van der Waals surface area contributed by atoms with E-state index in [9.17, 15) is 9.90 Å². The number of rotatable bonds is 2. The van der Waals surface area contributed by atoms with Gasteiger partial charge < -0.3 is 15.8 Å². The van der Waals surface area contributed by atoms with Crippen molar-refractivity contribution < 1.29 is 9.90 Å². The van der Waals surface area contributed by atoms with Gasteiger partial charge in [0.1, 0.15) is 17.6 Å². The van der Waals surface area contributed by atoms with Gasteiger partial charge in [-0.2, -0.15) is 0 Å². The Bertz CT molecular complexity index is 765. The lowest BCUT2D eigenvalue weighted by molar-refractivity contribution is -0.117. The molecule has 0 saturated heterocycles. The van der Waals surface area contributed by atoms with Crippen molar-refractivity contribution >= 4 is 34.5 Å². The number of anilines is 1. The minimum Gasteiger partial charge on any atom is -0.511 e. The summed E-state index contributed by atoms with van der Waals surface area (Å²) in [4.78, 5) is 27.6. The van der Waals surface area contributed by atoms with Crippen LogP contribution in [-0.2, 0) is 4.79 Å². The normalized spacial score (nSPS) is 18.5. The van der Waals surface area contributed by atoms with Crippen molar-refractivity contribution in [2.24, 2.45) is 5.41 Å². The maximum absolute atomic E-state index is 12.2. The lowest BCUT2D eigenvalue weighted by Gasteiger charge is -2.28. The first-order valence-corrected chi connectivity index (χ1v) is 7.27. The Morgan fingerprint density at radius 2 is 2.14 bits per heavy atom. The van der Waals surface area contributed by atoms with Crippen LogP contribution in [0, 0.1) is 5.41 Å². The third kappa shape index (κ3) is 2.58. The minimum atomic E-state index is -0.213. The first-order valence-electron chi connectivity index (χ1n) is 6.45. The van der Waals surface area contributed by atoms with Gasteiger partial charge in [0, 0.05) is 12.8 Å². The molecule has 1 aliphatic carbocycles. The van der Waals surface area contributed by atoms with Crippen LogP contribution in [0.4, 0.5) is 5.82 Å². The highest BCUT2D eigenvalue weighted by Gasteiger charge is 2.34. The number of hydrogen-bond acceptors (Lipinski definition) is 7. The van der Waals surface area contributed by atoms with E-state index in [1.807, 2.05) is 13.8 Å². The summed E-state index contributed by atoms with van der Waals surface area (Å²) in [5.41, 5.74) is 6.49. The lowest BCUT2D eigenvalue weighted by atomic mass is 9.79. The van der Waals surface area contributed by atoms with Gasteiger partial charge in [0.05, 0.1) is 4.91 Å². The monoisotopic (exact) mass is 305 g/mol. The largest absolute Gasteiger partial charge is 0.511 e. The number of nitrogens with zero attached hydrogens (tertiary/aromatic N) is 3. The number of allylic oxidation sites excluding steroid dienone is 2. The molecule has 0 radical (unpaired) electrons. The molecule has 1 aliphatic rings. The van der Waals surface area contributed by atoms with Crippen molar-refractivity contribution in [2.75, 3.05) is 5.73 Å². The maximum atomic E-state index is 12.2. The highest BCUT2D eigenvalue weighted by Crippen LogP contribution is 2.41. The molecule has 8 heteroatoms. The van der Waals surface area contributed by atoms with E-state index >= 15 is 0 Å². The Hall–Kier alpha value is -2.09. The lowest BCUT2D eigenvalue weighted by Crippen LogP contribution is -2.24.